The molecular formula is C17H19N5O. The molecule has 1 aromatic carbocycles. The van der Waals surface area contributed by atoms with E-state index in [0.29, 0.717) is 33.7 Å². The van der Waals surface area contributed by atoms with Crippen LogP contribution in [0.2, 0.25) is 0 Å². The van der Waals surface area contributed by atoms with Gasteiger partial charge in [-0.05, 0) is 32.4 Å². The van der Waals surface area contributed by atoms with Crippen molar-refractivity contribution in [2.24, 2.45) is 0 Å². The van der Waals surface area contributed by atoms with E-state index in [-0.39, 0.29) is 11.8 Å². The maximum Gasteiger partial charge on any atom is 0.195 e. The molecule has 23 heavy (non-hydrogen) atoms. The first-order chi connectivity index (χ1) is 10.9. The van der Waals surface area contributed by atoms with Crippen LogP contribution in [0.5, 0.6) is 0 Å². The Morgan fingerprint density at radius 3 is 2.61 bits per heavy atom. The third-order valence-electron chi connectivity index (χ3n) is 4.06. The predicted octanol–water partition coefficient (Wildman–Crippen LogP) is 2.72. The Morgan fingerprint density at radius 1 is 1.17 bits per heavy atom. The van der Waals surface area contributed by atoms with Gasteiger partial charge in [-0.25, -0.2) is 9.97 Å². The van der Waals surface area contributed by atoms with Crippen LogP contribution >= 0.6 is 0 Å². The summed E-state index contributed by atoms with van der Waals surface area (Å²) in [6.07, 6.45) is 3.21. The highest BCUT2D eigenvalue weighted by Gasteiger charge is 2.22. The van der Waals surface area contributed by atoms with Gasteiger partial charge in [0.25, 0.3) is 0 Å². The van der Waals surface area contributed by atoms with Crippen molar-refractivity contribution in [1.29, 1.82) is 0 Å². The lowest BCUT2D eigenvalue weighted by molar-refractivity contribution is 0.103. The number of rotatable bonds is 3. The second-order valence-electron chi connectivity index (χ2n) is 5.85. The number of nitrogens with zero attached hydrogens (tertiary/aromatic N) is 3. The van der Waals surface area contributed by atoms with Crippen molar-refractivity contribution in [2.75, 3.05) is 11.5 Å². The standard InChI is InChI=1S/C17H19N5O/c1-9(2)22-7-12(14-16(19)20-8-21-17(14)22)15(23)11-5-4-6-13(18)10(11)3/h4-9H,18H2,1-3H3,(H2,19,20,21). The molecule has 0 aliphatic heterocycles. The number of nitrogen functional groups attached to an aromatic ring is 2. The van der Waals surface area contributed by atoms with Crippen molar-refractivity contribution in [1.82, 2.24) is 14.5 Å². The van der Waals surface area contributed by atoms with Crippen molar-refractivity contribution in [3.05, 3.63) is 47.4 Å². The number of ketones is 1. The molecule has 4 N–H and O–H groups in total. The number of nitrogens with two attached hydrogens (primary N) is 2. The summed E-state index contributed by atoms with van der Waals surface area (Å²) in [6.45, 7) is 5.89. The van der Waals surface area contributed by atoms with Crippen molar-refractivity contribution in [2.45, 2.75) is 26.8 Å². The zero-order valence-electron chi connectivity index (χ0n) is 13.4. The fraction of sp³-hybridized carbons (Fsp3) is 0.235. The van der Waals surface area contributed by atoms with Gasteiger partial charge in [-0.15, -0.1) is 0 Å². The highest BCUT2D eigenvalue weighted by Crippen LogP contribution is 2.29. The van der Waals surface area contributed by atoms with Gasteiger partial charge in [0.1, 0.15) is 17.8 Å². The van der Waals surface area contributed by atoms with E-state index >= 15 is 0 Å². The van der Waals surface area contributed by atoms with E-state index in [0.717, 1.165) is 5.56 Å². The van der Waals surface area contributed by atoms with Crippen LogP contribution in [-0.4, -0.2) is 20.3 Å². The second kappa shape index (κ2) is 5.39. The number of carbonyl (C=O) groups is 1. The Bertz CT molecular complexity index is 911. The molecule has 6 nitrogen and oxygen atoms in total. The maximum absolute atomic E-state index is 13.0. The van der Waals surface area contributed by atoms with Crippen LogP contribution in [0.25, 0.3) is 11.0 Å². The minimum atomic E-state index is -0.124. The summed E-state index contributed by atoms with van der Waals surface area (Å²) in [6, 6.07) is 5.47. The lowest BCUT2D eigenvalue weighted by Gasteiger charge is -2.07. The molecule has 0 bridgehead atoms. The molecule has 0 saturated carbocycles. The van der Waals surface area contributed by atoms with Gasteiger partial charge in [0, 0.05) is 23.5 Å². The zero-order valence-corrected chi connectivity index (χ0v) is 13.4. The zero-order chi connectivity index (χ0) is 16.7. The molecule has 0 aliphatic carbocycles. The first-order valence-corrected chi connectivity index (χ1v) is 7.42. The monoisotopic (exact) mass is 309 g/mol. The Kier molecular flexibility index (Phi) is 3.52. The molecule has 6 heteroatoms. The number of anilines is 2. The van der Waals surface area contributed by atoms with Crippen molar-refractivity contribution in [3.8, 4) is 0 Å². The molecule has 0 fully saturated rings. The van der Waals surface area contributed by atoms with E-state index in [1.807, 2.05) is 25.3 Å². The molecule has 0 spiro atoms. The van der Waals surface area contributed by atoms with Crippen LogP contribution in [0.3, 0.4) is 0 Å². The number of fused-ring (bicyclic) bond motifs is 1. The minimum absolute atomic E-state index is 0.124. The van der Waals surface area contributed by atoms with Crippen molar-refractivity contribution < 1.29 is 4.79 Å². The SMILES string of the molecule is Cc1c(N)cccc1C(=O)c1cn(C(C)C)c2ncnc(N)c12. The molecule has 3 aromatic rings. The Labute approximate surface area is 134 Å². The summed E-state index contributed by atoms with van der Waals surface area (Å²) in [5.41, 5.74) is 15.0. The van der Waals surface area contributed by atoms with Gasteiger partial charge in [-0.2, -0.15) is 0 Å². The summed E-state index contributed by atoms with van der Waals surface area (Å²) in [5.74, 6) is 0.181. The van der Waals surface area contributed by atoms with Gasteiger partial charge in [0.2, 0.25) is 0 Å². The third-order valence-corrected chi connectivity index (χ3v) is 4.06. The van der Waals surface area contributed by atoms with E-state index in [2.05, 4.69) is 9.97 Å². The lowest BCUT2D eigenvalue weighted by atomic mass is 9.98. The highest BCUT2D eigenvalue weighted by atomic mass is 16.1. The second-order valence-corrected chi connectivity index (χ2v) is 5.85. The highest BCUT2D eigenvalue weighted by molar-refractivity contribution is 6.18. The van der Waals surface area contributed by atoms with Gasteiger partial charge >= 0.3 is 0 Å². The first-order valence-electron chi connectivity index (χ1n) is 7.42. The van der Waals surface area contributed by atoms with Gasteiger partial charge in [0.05, 0.1) is 10.9 Å². The molecule has 2 heterocycles. The normalized spacial score (nSPS) is 11.3. The smallest absolute Gasteiger partial charge is 0.195 e. The van der Waals surface area contributed by atoms with E-state index < -0.39 is 0 Å². The van der Waals surface area contributed by atoms with Crippen LogP contribution in [0.1, 0.15) is 41.4 Å². The lowest BCUT2D eigenvalue weighted by Crippen LogP contribution is -2.06. The summed E-state index contributed by atoms with van der Waals surface area (Å²) >= 11 is 0. The van der Waals surface area contributed by atoms with Crippen LogP contribution in [0.4, 0.5) is 11.5 Å². The number of hydrogen-bond acceptors (Lipinski definition) is 5. The molecule has 0 amide bonds. The molecule has 3 rings (SSSR count). The van der Waals surface area contributed by atoms with Crippen LogP contribution < -0.4 is 11.5 Å². The van der Waals surface area contributed by atoms with Crippen molar-refractivity contribution >= 4 is 28.3 Å². The Hall–Kier alpha value is -2.89. The first kappa shape index (κ1) is 15.0. The van der Waals surface area contributed by atoms with Crippen LogP contribution in [0.15, 0.2) is 30.7 Å². The summed E-state index contributed by atoms with van der Waals surface area (Å²) in [7, 11) is 0. The molecule has 0 radical (unpaired) electrons. The fourth-order valence-corrected chi connectivity index (χ4v) is 2.72. The quantitative estimate of drug-likeness (QED) is 0.572. The molecule has 118 valence electrons. The minimum Gasteiger partial charge on any atom is -0.398 e. The van der Waals surface area contributed by atoms with Gasteiger partial charge in [-0.1, -0.05) is 12.1 Å². The average molecular weight is 309 g/mol. The predicted molar refractivity (Wildman–Crippen MR) is 91.3 cm³/mol. The number of benzene rings is 1. The molecule has 0 saturated heterocycles. The fourth-order valence-electron chi connectivity index (χ4n) is 2.72. The molecule has 0 unspecified atom stereocenters. The van der Waals surface area contributed by atoms with E-state index in [1.54, 1.807) is 24.4 Å². The summed E-state index contributed by atoms with van der Waals surface area (Å²) in [5, 5.41) is 0.591. The molecular weight excluding hydrogens is 290 g/mol. The topological polar surface area (TPSA) is 99.8 Å². The summed E-state index contributed by atoms with van der Waals surface area (Å²) in [4.78, 5) is 21.4. The van der Waals surface area contributed by atoms with E-state index in [9.17, 15) is 4.79 Å². The van der Waals surface area contributed by atoms with Gasteiger partial charge in [-0.3, -0.25) is 4.79 Å². The maximum atomic E-state index is 13.0. The van der Waals surface area contributed by atoms with Crippen LogP contribution in [0, 0.1) is 6.92 Å². The molecule has 0 atom stereocenters. The van der Waals surface area contributed by atoms with Crippen LogP contribution in [-0.2, 0) is 0 Å². The largest absolute Gasteiger partial charge is 0.398 e. The number of hydrogen-bond donors (Lipinski definition) is 2. The molecule has 2 aromatic heterocycles. The van der Waals surface area contributed by atoms with Gasteiger partial charge in [0.15, 0.2) is 5.78 Å². The Morgan fingerprint density at radius 2 is 1.91 bits per heavy atom. The number of carbonyl (C=O) groups excluding carboxylic acids is 1. The molecule has 0 aliphatic rings. The van der Waals surface area contributed by atoms with Gasteiger partial charge < -0.3 is 16.0 Å². The third kappa shape index (κ3) is 2.32. The number of aromatic nitrogens is 3. The average Bonchev–Trinajstić information content (AvgIpc) is 2.90. The van der Waals surface area contributed by atoms with E-state index in [4.69, 9.17) is 11.5 Å². The Balaban J connectivity index is 2.28. The van der Waals surface area contributed by atoms with E-state index in [1.165, 1.54) is 6.33 Å². The van der Waals surface area contributed by atoms with Crippen molar-refractivity contribution in [3.63, 3.8) is 0 Å². The summed E-state index contributed by atoms with van der Waals surface area (Å²) < 4.78 is 1.93.